The van der Waals surface area contributed by atoms with Crippen LogP contribution in [0.15, 0.2) is 17.2 Å². The molecule has 0 saturated carbocycles. The monoisotopic (exact) mass is 319 g/mol. The van der Waals surface area contributed by atoms with Gasteiger partial charge in [-0.1, -0.05) is 25.4 Å². The van der Waals surface area contributed by atoms with Gasteiger partial charge in [-0.05, 0) is 25.3 Å². The Labute approximate surface area is 126 Å². The summed E-state index contributed by atoms with van der Waals surface area (Å²) < 4.78 is 26.1. The molecule has 1 heterocycles. The molecular formula is C13H22ClN3O2S. The van der Waals surface area contributed by atoms with Gasteiger partial charge < -0.3 is 5.32 Å². The summed E-state index contributed by atoms with van der Waals surface area (Å²) in [6.07, 6.45) is 2.15. The first kappa shape index (κ1) is 17.2. The van der Waals surface area contributed by atoms with Crippen LogP contribution in [0.2, 0.25) is 5.02 Å². The lowest BCUT2D eigenvalue weighted by atomic mass is 10.1. The molecule has 0 aliphatic heterocycles. The van der Waals surface area contributed by atoms with Crippen molar-refractivity contribution in [1.29, 1.82) is 0 Å². The van der Waals surface area contributed by atoms with E-state index in [1.54, 1.807) is 7.05 Å². The highest BCUT2D eigenvalue weighted by atomic mass is 35.5. The lowest BCUT2D eigenvalue weighted by molar-refractivity contribution is 0.428. The van der Waals surface area contributed by atoms with E-state index in [1.165, 1.54) is 16.6 Å². The van der Waals surface area contributed by atoms with Crippen LogP contribution in [0.1, 0.15) is 27.2 Å². The van der Waals surface area contributed by atoms with Crippen molar-refractivity contribution in [3.05, 3.63) is 17.3 Å². The van der Waals surface area contributed by atoms with Crippen LogP contribution in [0.4, 0.5) is 5.82 Å². The van der Waals surface area contributed by atoms with Gasteiger partial charge in [-0.25, -0.2) is 17.7 Å². The quantitative estimate of drug-likeness (QED) is 0.839. The molecule has 0 radical (unpaired) electrons. The molecule has 0 atom stereocenters. The maximum atomic E-state index is 12.4. The summed E-state index contributed by atoms with van der Waals surface area (Å²) in [6.45, 7) is 7.19. The third kappa shape index (κ3) is 4.33. The average molecular weight is 320 g/mol. The van der Waals surface area contributed by atoms with Gasteiger partial charge in [0.25, 0.3) is 0 Å². The van der Waals surface area contributed by atoms with E-state index in [2.05, 4.69) is 24.1 Å². The van der Waals surface area contributed by atoms with E-state index in [4.69, 9.17) is 11.6 Å². The highest BCUT2D eigenvalue weighted by molar-refractivity contribution is 7.89. The first-order valence-electron chi connectivity index (χ1n) is 6.64. The molecule has 0 saturated heterocycles. The summed E-state index contributed by atoms with van der Waals surface area (Å²) in [4.78, 5) is 4.18. The van der Waals surface area contributed by atoms with Crippen LogP contribution in [-0.2, 0) is 10.0 Å². The van der Waals surface area contributed by atoms with Gasteiger partial charge in [0, 0.05) is 26.3 Å². The van der Waals surface area contributed by atoms with Crippen molar-refractivity contribution in [1.82, 2.24) is 9.29 Å². The Balaban J connectivity index is 2.95. The molecule has 0 fully saturated rings. The Morgan fingerprint density at radius 3 is 2.60 bits per heavy atom. The van der Waals surface area contributed by atoms with Crippen LogP contribution in [0.5, 0.6) is 0 Å². The van der Waals surface area contributed by atoms with Crippen molar-refractivity contribution in [2.75, 3.05) is 25.5 Å². The predicted molar refractivity (Wildman–Crippen MR) is 82.7 cm³/mol. The summed E-state index contributed by atoms with van der Waals surface area (Å²) >= 11 is 6.04. The summed E-state index contributed by atoms with van der Waals surface area (Å²) in [5, 5.41) is 3.28. The summed E-state index contributed by atoms with van der Waals surface area (Å²) in [5.41, 5.74) is 0. The van der Waals surface area contributed by atoms with Crippen LogP contribution in [0.3, 0.4) is 0 Å². The van der Waals surface area contributed by atoms with Gasteiger partial charge in [0.1, 0.15) is 10.7 Å². The fraction of sp³-hybridized carbons (Fsp3) is 0.615. The number of nitrogens with one attached hydrogen (secondary N) is 1. The van der Waals surface area contributed by atoms with E-state index in [0.717, 1.165) is 6.42 Å². The standard InChI is InChI=1S/C13H22ClN3O2S/c1-5-15-13-12(14)8-11(9-16-13)20(18,19)17(4)7-6-10(2)3/h8-10H,5-7H2,1-4H3,(H,15,16). The Kier molecular flexibility index (Phi) is 6.23. The van der Waals surface area contributed by atoms with E-state index < -0.39 is 10.0 Å². The zero-order valence-corrected chi connectivity index (χ0v) is 13.9. The summed E-state index contributed by atoms with van der Waals surface area (Å²) in [5.74, 6) is 0.948. The number of pyridine rings is 1. The SMILES string of the molecule is CCNc1ncc(S(=O)(=O)N(C)CCC(C)C)cc1Cl. The summed E-state index contributed by atoms with van der Waals surface area (Å²) in [7, 11) is -1.96. The molecule has 5 nitrogen and oxygen atoms in total. The Hall–Kier alpha value is -0.850. The lowest BCUT2D eigenvalue weighted by Gasteiger charge is -2.18. The second kappa shape index (κ2) is 7.24. The van der Waals surface area contributed by atoms with Crippen LogP contribution in [0.25, 0.3) is 0 Å². The number of hydrogen-bond donors (Lipinski definition) is 1. The number of rotatable bonds is 7. The van der Waals surface area contributed by atoms with Crippen molar-refractivity contribution in [3.63, 3.8) is 0 Å². The number of hydrogen-bond acceptors (Lipinski definition) is 4. The molecule has 0 amide bonds. The molecule has 0 aliphatic carbocycles. The van der Waals surface area contributed by atoms with Crippen molar-refractivity contribution >= 4 is 27.4 Å². The summed E-state index contributed by atoms with van der Waals surface area (Å²) in [6, 6.07) is 1.44. The zero-order valence-electron chi connectivity index (χ0n) is 12.4. The topological polar surface area (TPSA) is 62.3 Å². The van der Waals surface area contributed by atoms with Gasteiger partial charge in [-0.2, -0.15) is 0 Å². The van der Waals surface area contributed by atoms with Crippen LogP contribution in [-0.4, -0.2) is 37.8 Å². The van der Waals surface area contributed by atoms with Crippen LogP contribution >= 0.6 is 11.6 Å². The fourth-order valence-electron chi connectivity index (χ4n) is 1.60. The highest BCUT2D eigenvalue weighted by Crippen LogP contribution is 2.24. The van der Waals surface area contributed by atoms with Crippen molar-refractivity contribution < 1.29 is 8.42 Å². The molecule has 0 spiro atoms. The van der Waals surface area contributed by atoms with Crippen molar-refractivity contribution in [3.8, 4) is 0 Å². The Morgan fingerprint density at radius 1 is 1.45 bits per heavy atom. The Bertz CT molecular complexity index is 547. The molecule has 1 N–H and O–H groups in total. The molecule has 1 rings (SSSR count). The average Bonchev–Trinajstić information content (AvgIpc) is 2.38. The third-order valence-electron chi connectivity index (χ3n) is 2.89. The molecule has 0 unspecified atom stereocenters. The molecule has 0 aliphatic rings. The number of anilines is 1. The minimum absolute atomic E-state index is 0.121. The number of nitrogens with zero attached hydrogens (tertiary/aromatic N) is 2. The zero-order chi connectivity index (χ0) is 15.3. The molecule has 1 aromatic heterocycles. The molecule has 0 bridgehead atoms. The molecule has 7 heteroatoms. The number of aromatic nitrogens is 1. The minimum Gasteiger partial charge on any atom is -0.369 e. The van der Waals surface area contributed by atoms with Gasteiger partial charge >= 0.3 is 0 Å². The van der Waals surface area contributed by atoms with E-state index >= 15 is 0 Å². The van der Waals surface area contributed by atoms with E-state index in [-0.39, 0.29) is 4.90 Å². The van der Waals surface area contributed by atoms with Gasteiger partial charge in [-0.15, -0.1) is 0 Å². The number of sulfonamides is 1. The highest BCUT2D eigenvalue weighted by Gasteiger charge is 2.22. The molecule has 0 aromatic carbocycles. The van der Waals surface area contributed by atoms with Crippen molar-refractivity contribution in [2.24, 2.45) is 5.92 Å². The molecular weight excluding hydrogens is 298 g/mol. The molecule has 114 valence electrons. The smallest absolute Gasteiger partial charge is 0.244 e. The normalized spacial score (nSPS) is 12.2. The maximum Gasteiger partial charge on any atom is 0.244 e. The maximum absolute atomic E-state index is 12.4. The van der Waals surface area contributed by atoms with Gasteiger partial charge in [0.2, 0.25) is 10.0 Å². The van der Waals surface area contributed by atoms with Crippen molar-refractivity contribution in [2.45, 2.75) is 32.1 Å². The minimum atomic E-state index is -3.53. The Morgan fingerprint density at radius 2 is 2.10 bits per heavy atom. The lowest BCUT2D eigenvalue weighted by Crippen LogP contribution is -2.28. The van der Waals surface area contributed by atoms with Crippen LogP contribution < -0.4 is 5.32 Å². The van der Waals surface area contributed by atoms with E-state index in [0.29, 0.717) is 29.8 Å². The second-order valence-corrected chi connectivity index (χ2v) is 7.49. The third-order valence-corrected chi connectivity index (χ3v) is 5.00. The van der Waals surface area contributed by atoms with Crippen LogP contribution in [0, 0.1) is 5.92 Å². The van der Waals surface area contributed by atoms with Gasteiger partial charge in [0.15, 0.2) is 0 Å². The second-order valence-electron chi connectivity index (χ2n) is 5.04. The van der Waals surface area contributed by atoms with Gasteiger partial charge in [-0.3, -0.25) is 0 Å². The van der Waals surface area contributed by atoms with E-state index in [1.807, 2.05) is 6.92 Å². The molecule has 1 aromatic rings. The first-order chi connectivity index (χ1) is 9.28. The first-order valence-corrected chi connectivity index (χ1v) is 8.46. The van der Waals surface area contributed by atoms with Gasteiger partial charge in [0.05, 0.1) is 5.02 Å². The molecule has 20 heavy (non-hydrogen) atoms. The number of halogens is 1. The van der Waals surface area contributed by atoms with E-state index in [9.17, 15) is 8.42 Å². The fourth-order valence-corrected chi connectivity index (χ4v) is 3.06. The largest absolute Gasteiger partial charge is 0.369 e. The predicted octanol–water partition coefficient (Wildman–Crippen LogP) is 2.83.